The van der Waals surface area contributed by atoms with Crippen LogP contribution in [0.3, 0.4) is 0 Å². The monoisotopic (exact) mass is 515 g/mol. The van der Waals surface area contributed by atoms with E-state index in [0.717, 1.165) is 34.3 Å². The van der Waals surface area contributed by atoms with Crippen molar-refractivity contribution in [1.82, 2.24) is 29.6 Å². The molecule has 0 radical (unpaired) electrons. The highest BCUT2D eigenvalue weighted by molar-refractivity contribution is 6.01. The molecule has 4 aromatic rings. The highest BCUT2D eigenvalue weighted by atomic mass is 19.1. The molecule has 5 rings (SSSR count). The van der Waals surface area contributed by atoms with Crippen molar-refractivity contribution < 1.29 is 9.50 Å². The first kappa shape index (κ1) is 25.3. The van der Waals surface area contributed by atoms with Crippen LogP contribution in [-0.4, -0.2) is 79.2 Å². The van der Waals surface area contributed by atoms with Gasteiger partial charge in [-0.05, 0) is 29.3 Å². The van der Waals surface area contributed by atoms with E-state index in [0.29, 0.717) is 31.4 Å². The van der Waals surface area contributed by atoms with Gasteiger partial charge in [-0.2, -0.15) is 5.10 Å². The number of rotatable bonds is 7. The van der Waals surface area contributed by atoms with E-state index in [1.165, 1.54) is 12.1 Å². The first-order chi connectivity index (χ1) is 18.5. The van der Waals surface area contributed by atoms with Crippen LogP contribution in [0.2, 0.25) is 0 Å². The Labute approximate surface area is 220 Å². The minimum Gasteiger partial charge on any atom is -0.394 e. The molecule has 10 nitrogen and oxygen atoms in total. The minimum absolute atomic E-state index is 0.0207. The van der Waals surface area contributed by atoms with Crippen LogP contribution >= 0.6 is 0 Å². The zero-order valence-corrected chi connectivity index (χ0v) is 21.3. The predicted molar refractivity (Wildman–Crippen MR) is 144 cm³/mol. The number of amidine groups is 1. The molecule has 2 atom stereocenters. The lowest BCUT2D eigenvalue weighted by Gasteiger charge is -2.41. The number of nitrogens with zero attached hydrogens (tertiary/aromatic N) is 7. The number of aromatic nitrogens is 5. The Morgan fingerprint density at radius 2 is 1.95 bits per heavy atom. The molecular formula is C27H30FN9O. The molecule has 11 heteroatoms. The number of anilines is 1. The highest BCUT2D eigenvalue weighted by Gasteiger charge is 2.31. The van der Waals surface area contributed by atoms with Crippen molar-refractivity contribution in [3.8, 4) is 11.1 Å². The SMILES string of the molecule is C[C@H](c1ccc(F)cc1)c1cnc(N2CCN(C(=NC=N)c3cc(-c4cnn(C)c4)c[nH]3)C[C@H]2CO)nc1. The number of aromatic amines is 1. The van der Waals surface area contributed by atoms with Crippen molar-refractivity contribution in [2.45, 2.75) is 18.9 Å². The third kappa shape index (κ3) is 5.18. The highest BCUT2D eigenvalue weighted by Crippen LogP contribution is 2.26. The van der Waals surface area contributed by atoms with Gasteiger partial charge in [0.15, 0.2) is 5.84 Å². The summed E-state index contributed by atoms with van der Waals surface area (Å²) >= 11 is 0. The van der Waals surface area contributed by atoms with Crippen molar-refractivity contribution in [3.05, 3.63) is 84.0 Å². The topological polar surface area (TPSA) is 122 Å². The maximum absolute atomic E-state index is 13.3. The van der Waals surface area contributed by atoms with Crippen LogP contribution in [0, 0.1) is 11.2 Å². The van der Waals surface area contributed by atoms with Crippen molar-refractivity contribution in [2.75, 3.05) is 31.1 Å². The van der Waals surface area contributed by atoms with E-state index < -0.39 is 0 Å². The van der Waals surface area contributed by atoms with Gasteiger partial charge in [0.05, 0.1) is 24.5 Å². The minimum atomic E-state index is -0.263. The average Bonchev–Trinajstić information content (AvgIpc) is 3.61. The zero-order valence-electron chi connectivity index (χ0n) is 21.3. The van der Waals surface area contributed by atoms with E-state index in [4.69, 9.17) is 5.41 Å². The fourth-order valence-corrected chi connectivity index (χ4v) is 4.76. The Balaban J connectivity index is 1.31. The van der Waals surface area contributed by atoms with Crippen molar-refractivity contribution in [1.29, 1.82) is 5.41 Å². The lowest BCUT2D eigenvalue weighted by molar-refractivity contribution is 0.212. The van der Waals surface area contributed by atoms with Crippen LogP contribution in [0.1, 0.15) is 29.7 Å². The van der Waals surface area contributed by atoms with E-state index >= 15 is 0 Å². The predicted octanol–water partition coefficient (Wildman–Crippen LogP) is 3.03. The van der Waals surface area contributed by atoms with Gasteiger partial charge < -0.3 is 19.9 Å². The van der Waals surface area contributed by atoms with Crippen LogP contribution < -0.4 is 4.90 Å². The Morgan fingerprint density at radius 3 is 2.61 bits per heavy atom. The summed E-state index contributed by atoms with van der Waals surface area (Å²) in [6.07, 6.45) is 10.2. The molecule has 1 aliphatic rings. The largest absolute Gasteiger partial charge is 0.394 e. The number of halogens is 1. The van der Waals surface area contributed by atoms with Gasteiger partial charge in [0.2, 0.25) is 5.95 Å². The number of H-pyrrole nitrogens is 1. The molecule has 1 aromatic carbocycles. The Morgan fingerprint density at radius 1 is 1.18 bits per heavy atom. The molecule has 0 aliphatic carbocycles. The van der Waals surface area contributed by atoms with Gasteiger partial charge in [-0.15, -0.1) is 0 Å². The van der Waals surface area contributed by atoms with Gasteiger partial charge in [0.1, 0.15) is 12.2 Å². The summed E-state index contributed by atoms with van der Waals surface area (Å²) in [5.74, 6) is 0.939. The van der Waals surface area contributed by atoms with Gasteiger partial charge in [-0.1, -0.05) is 19.1 Å². The molecular weight excluding hydrogens is 485 g/mol. The molecule has 1 saturated heterocycles. The number of hydrogen-bond acceptors (Lipinski definition) is 6. The normalized spacial score (nSPS) is 17.1. The van der Waals surface area contributed by atoms with Gasteiger partial charge in [-0.25, -0.2) is 19.4 Å². The van der Waals surface area contributed by atoms with E-state index in [2.05, 4.69) is 29.9 Å². The second kappa shape index (κ2) is 10.9. The molecule has 0 saturated carbocycles. The van der Waals surface area contributed by atoms with Gasteiger partial charge in [-0.3, -0.25) is 10.1 Å². The number of aliphatic imine (C=N–C) groups is 1. The summed E-state index contributed by atoms with van der Waals surface area (Å²) in [6, 6.07) is 8.18. The Hall–Kier alpha value is -4.38. The molecule has 3 aromatic heterocycles. The second-order valence-corrected chi connectivity index (χ2v) is 9.35. The summed E-state index contributed by atoms with van der Waals surface area (Å²) in [5, 5.41) is 22.1. The van der Waals surface area contributed by atoms with E-state index in [-0.39, 0.29) is 24.4 Å². The van der Waals surface area contributed by atoms with E-state index in [9.17, 15) is 9.50 Å². The number of aliphatic hydroxyl groups is 1. The molecule has 0 amide bonds. The molecule has 3 N–H and O–H groups in total. The van der Waals surface area contributed by atoms with E-state index in [1.54, 1.807) is 35.4 Å². The van der Waals surface area contributed by atoms with Gasteiger partial charge >= 0.3 is 0 Å². The van der Waals surface area contributed by atoms with Crippen LogP contribution in [0.4, 0.5) is 10.3 Å². The summed E-state index contributed by atoms with van der Waals surface area (Å²) in [5.41, 5.74) is 4.66. The number of aliphatic hydroxyl groups excluding tert-OH is 1. The molecule has 4 heterocycles. The smallest absolute Gasteiger partial charge is 0.225 e. The lowest BCUT2D eigenvalue weighted by atomic mass is 9.95. The number of piperazine rings is 1. The fraction of sp³-hybridized carbons (Fsp3) is 0.296. The number of hydrogen-bond donors (Lipinski definition) is 3. The summed E-state index contributed by atoms with van der Waals surface area (Å²) in [7, 11) is 1.87. The molecule has 38 heavy (non-hydrogen) atoms. The molecule has 1 fully saturated rings. The van der Waals surface area contributed by atoms with Crippen LogP contribution in [-0.2, 0) is 7.05 Å². The molecule has 0 bridgehead atoms. The Bertz CT molecular complexity index is 1410. The maximum Gasteiger partial charge on any atom is 0.225 e. The molecule has 1 aliphatic heterocycles. The number of benzene rings is 1. The summed E-state index contributed by atoms with van der Waals surface area (Å²) in [6.45, 7) is 3.62. The Kier molecular flexibility index (Phi) is 7.27. The molecule has 196 valence electrons. The maximum atomic E-state index is 13.3. The summed E-state index contributed by atoms with van der Waals surface area (Å²) in [4.78, 5) is 20.9. The quantitative estimate of drug-likeness (QED) is 0.257. The van der Waals surface area contributed by atoms with Crippen molar-refractivity contribution >= 4 is 18.1 Å². The van der Waals surface area contributed by atoms with E-state index in [1.807, 2.05) is 37.3 Å². The average molecular weight is 516 g/mol. The van der Waals surface area contributed by atoms with Crippen molar-refractivity contribution in [2.24, 2.45) is 12.0 Å². The first-order valence-electron chi connectivity index (χ1n) is 12.4. The fourth-order valence-electron chi connectivity index (χ4n) is 4.76. The zero-order chi connectivity index (χ0) is 26.6. The van der Waals surface area contributed by atoms with Crippen LogP contribution in [0.15, 0.2) is 66.3 Å². The van der Waals surface area contributed by atoms with Gasteiger partial charge in [0.25, 0.3) is 0 Å². The molecule has 0 unspecified atom stereocenters. The van der Waals surface area contributed by atoms with Crippen LogP contribution in [0.25, 0.3) is 11.1 Å². The first-order valence-corrected chi connectivity index (χ1v) is 12.4. The third-order valence-electron chi connectivity index (χ3n) is 6.93. The number of nitrogens with one attached hydrogen (secondary N) is 2. The standard InChI is InChI=1S/C27H30FN9O/c1-18(19-3-5-23(28)6-4-19)21-11-31-27(32-12-21)37-8-7-36(15-24(37)16-38)26(33-17-29)25-9-20(10-30-25)22-13-34-35(2)14-22/h3-6,9-14,17-18,24,29-30,38H,7-8,15-16H2,1-2H3/t18-,24+/m1/s1. The number of aryl methyl sites for hydroxylation is 1. The van der Waals surface area contributed by atoms with Crippen LogP contribution in [0.5, 0.6) is 0 Å². The summed E-state index contributed by atoms with van der Waals surface area (Å²) < 4.78 is 15.0. The third-order valence-corrected chi connectivity index (χ3v) is 6.93. The van der Waals surface area contributed by atoms with Gasteiger partial charge in [0, 0.05) is 68.5 Å². The van der Waals surface area contributed by atoms with Crippen molar-refractivity contribution in [3.63, 3.8) is 0 Å². The lowest BCUT2D eigenvalue weighted by Crippen LogP contribution is -2.57. The molecule has 0 spiro atoms. The second-order valence-electron chi connectivity index (χ2n) is 9.35.